The van der Waals surface area contributed by atoms with Crippen LogP contribution >= 0.6 is 0 Å². The van der Waals surface area contributed by atoms with E-state index in [9.17, 15) is 28.3 Å². The zero-order valence-corrected chi connectivity index (χ0v) is 15.1. The van der Waals surface area contributed by atoms with E-state index in [-0.39, 0.29) is 28.7 Å². The van der Waals surface area contributed by atoms with Gasteiger partial charge in [0.1, 0.15) is 17.4 Å². The smallest absolute Gasteiger partial charge is 0.478 e. The Morgan fingerprint density at radius 2 is 2.00 bits per heavy atom. The molecule has 0 spiro atoms. The molecular formula is C20H14F3N3O3. The lowest BCUT2D eigenvalue weighted by molar-refractivity contribution is -0.274. The van der Waals surface area contributed by atoms with E-state index in [1.807, 2.05) is 6.07 Å². The predicted molar refractivity (Wildman–Crippen MR) is 99.2 cm³/mol. The average molecular weight is 401 g/mol. The number of rotatable bonds is 5. The first-order valence-electron chi connectivity index (χ1n) is 8.43. The van der Waals surface area contributed by atoms with Gasteiger partial charge >= 0.3 is 12.3 Å². The van der Waals surface area contributed by atoms with E-state index >= 15 is 0 Å². The molecule has 9 heteroatoms. The largest absolute Gasteiger partial charge is 0.573 e. The molecule has 3 rings (SSSR count). The number of carbonyl (C=O) groups is 1. The van der Waals surface area contributed by atoms with E-state index in [1.165, 1.54) is 6.07 Å². The molecule has 0 fully saturated rings. The first-order valence-corrected chi connectivity index (χ1v) is 8.43. The van der Waals surface area contributed by atoms with Crippen LogP contribution in [-0.4, -0.2) is 29.0 Å². The van der Waals surface area contributed by atoms with Crippen molar-refractivity contribution in [1.82, 2.24) is 4.98 Å². The van der Waals surface area contributed by atoms with Crippen molar-refractivity contribution in [3.05, 3.63) is 59.8 Å². The molecule has 0 aliphatic carbocycles. The number of anilines is 2. The van der Waals surface area contributed by atoms with E-state index in [0.29, 0.717) is 11.3 Å². The summed E-state index contributed by atoms with van der Waals surface area (Å²) in [5, 5.41) is 19.2. The second kappa shape index (κ2) is 7.67. The molecule has 1 N–H and O–H groups in total. The number of aromatic nitrogens is 1. The molecule has 0 radical (unpaired) electrons. The van der Waals surface area contributed by atoms with Gasteiger partial charge in [-0.15, -0.1) is 13.2 Å². The number of hydrogen-bond donors (Lipinski definition) is 1. The van der Waals surface area contributed by atoms with Gasteiger partial charge in [0.05, 0.1) is 22.5 Å². The van der Waals surface area contributed by atoms with Crippen molar-refractivity contribution in [3.8, 4) is 11.8 Å². The zero-order valence-electron chi connectivity index (χ0n) is 15.1. The molecule has 1 aromatic heterocycles. The summed E-state index contributed by atoms with van der Waals surface area (Å²) in [5.74, 6) is -1.80. The van der Waals surface area contributed by atoms with Crippen LogP contribution in [0.3, 0.4) is 0 Å². The van der Waals surface area contributed by atoms with Crippen LogP contribution in [-0.2, 0) is 0 Å². The Morgan fingerprint density at radius 1 is 1.28 bits per heavy atom. The second-order valence-electron chi connectivity index (χ2n) is 5.93. The quantitative estimate of drug-likeness (QED) is 0.657. The number of fused-ring (bicyclic) bond motifs is 1. The maximum absolute atomic E-state index is 12.7. The Morgan fingerprint density at radius 3 is 2.62 bits per heavy atom. The van der Waals surface area contributed by atoms with Crippen LogP contribution < -0.4 is 9.64 Å². The number of halogens is 3. The zero-order chi connectivity index (χ0) is 21.2. The van der Waals surface area contributed by atoms with Crippen molar-refractivity contribution in [2.75, 3.05) is 11.4 Å². The van der Waals surface area contributed by atoms with Crippen molar-refractivity contribution in [1.29, 1.82) is 5.26 Å². The number of aromatic carboxylic acids is 1. The fourth-order valence-electron chi connectivity index (χ4n) is 3.05. The topological polar surface area (TPSA) is 86.5 Å². The van der Waals surface area contributed by atoms with Crippen molar-refractivity contribution in [2.45, 2.75) is 13.3 Å². The predicted octanol–water partition coefficient (Wildman–Crippen LogP) is 4.86. The summed E-state index contributed by atoms with van der Waals surface area (Å²) in [7, 11) is 0. The van der Waals surface area contributed by atoms with E-state index < -0.39 is 18.1 Å². The number of hydrogen-bond acceptors (Lipinski definition) is 5. The van der Waals surface area contributed by atoms with Gasteiger partial charge in [-0.25, -0.2) is 4.79 Å². The third kappa shape index (κ3) is 4.06. The average Bonchev–Trinajstić information content (AvgIpc) is 2.67. The fraction of sp³-hybridized carbons (Fsp3) is 0.150. The molecule has 0 aliphatic rings. The minimum Gasteiger partial charge on any atom is -0.478 e. The molecule has 0 bridgehead atoms. The van der Waals surface area contributed by atoms with Gasteiger partial charge < -0.3 is 14.7 Å². The SMILES string of the molecule is CCN(c1ccccc1C#N)c1c(C(=O)O)cnc2ccc(OC(F)(F)F)cc12. The highest BCUT2D eigenvalue weighted by atomic mass is 19.4. The highest BCUT2D eigenvalue weighted by molar-refractivity contribution is 6.06. The first-order chi connectivity index (χ1) is 13.7. The standard InChI is InChI=1S/C20H14F3N3O3/c1-2-26(17-6-4-3-5-12(17)10-24)18-14-9-13(29-20(21,22)23)7-8-16(14)25-11-15(18)19(27)28/h3-9,11H,2H2,1H3,(H,27,28). The van der Waals surface area contributed by atoms with E-state index in [0.717, 1.165) is 18.3 Å². The molecule has 0 amide bonds. The minimum atomic E-state index is -4.90. The Labute approximate surface area is 163 Å². The third-order valence-corrected chi connectivity index (χ3v) is 4.18. The molecule has 0 saturated carbocycles. The second-order valence-corrected chi connectivity index (χ2v) is 5.93. The molecule has 0 aliphatic heterocycles. The van der Waals surface area contributed by atoms with Crippen molar-refractivity contribution < 1.29 is 27.8 Å². The molecule has 29 heavy (non-hydrogen) atoms. The molecule has 3 aromatic rings. The number of nitriles is 1. The van der Waals surface area contributed by atoms with Gasteiger partial charge in [0, 0.05) is 18.1 Å². The van der Waals surface area contributed by atoms with E-state index in [2.05, 4.69) is 9.72 Å². The summed E-state index contributed by atoms with van der Waals surface area (Å²) in [6.45, 7) is 1.99. The normalized spacial score (nSPS) is 11.1. The Hall–Kier alpha value is -3.80. The van der Waals surface area contributed by atoms with Crippen LogP contribution in [0, 0.1) is 11.3 Å². The lowest BCUT2D eigenvalue weighted by atomic mass is 10.1. The number of nitrogens with zero attached hydrogens (tertiary/aromatic N) is 3. The number of pyridine rings is 1. The number of carboxylic acid groups (broad SMARTS) is 1. The molecule has 0 unspecified atom stereocenters. The number of ether oxygens (including phenoxy) is 1. The first kappa shape index (κ1) is 19.9. The Kier molecular flexibility index (Phi) is 5.28. The van der Waals surface area contributed by atoms with Crippen LogP contribution in [0.1, 0.15) is 22.8 Å². The summed E-state index contributed by atoms with van der Waals surface area (Å²) in [6.07, 6.45) is -3.76. The number of para-hydroxylation sites is 1. The van der Waals surface area contributed by atoms with Crippen LogP contribution in [0.5, 0.6) is 5.75 Å². The Balaban J connectivity index is 2.32. The van der Waals surface area contributed by atoms with Gasteiger partial charge in [-0.1, -0.05) is 12.1 Å². The third-order valence-electron chi connectivity index (χ3n) is 4.18. The highest BCUT2D eigenvalue weighted by Crippen LogP contribution is 2.38. The van der Waals surface area contributed by atoms with Gasteiger partial charge in [0.25, 0.3) is 0 Å². The monoisotopic (exact) mass is 401 g/mol. The molecule has 148 valence electrons. The van der Waals surface area contributed by atoms with E-state index in [1.54, 1.807) is 36.1 Å². The molecular weight excluding hydrogens is 387 g/mol. The highest BCUT2D eigenvalue weighted by Gasteiger charge is 2.31. The van der Waals surface area contributed by atoms with Gasteiger partial charge in [-0.2, -0.15) is 5.26 Å². The van der Waals surface area contributed by atoms with E-state index in [4.69, 9.17) is 0 Å². The van der Waals surface area contributed by atoms with Crippen LogP contribution in [0.25, 0.3) is 10.9 Å². The Bertz CT molecular complexity index is 1120. The van der Waals surface area contributed by atoms with Gasteiger partial charge in [-0.3, -0.25) is 4.98 Å². The maximum Gasteiger partial charge on any atom is 0.573 e. The maximum atomic E-state index is 12.7. The van der Waals surface area contributed by atoms with Crippen LogP contribution in [0.15, 0.2) is 48.7 Å². The number of alkyl halides is 3. The summed E-state index contributed by atoms with van der Waals surface area (Å²) in [4.78, 5) is 17.4. The lowest BCUT2D eigenvalue weighted by Crippen LogP contribution is -2.21. The summed E-state index contributed by atoms with van der Waals surface area (Å²) in [6, 6.07) is 12.1. The lowest BCUT2D eigenvalue weighted by Gasteiger charge is -2.27. The van der Waals surface area contributed by atoms with Gasteiger partial charge in [0.2, 0.25) is 0 Å². The van der Waals surface area contributed by atoms with Crippen LogP contribution in [0.4, 0.5) is 24.5 Å². The molecule has 2 aromatic carbocycles. The van der Waals surface area contributed by atoms with Gasteiger partial charge in [0.15, 0.2) is 0 Å². The van der Waals surface area contributed by atoms with Crippen molar-refractivity contribution in [2.24, 2.45) is 0 Å². The summed E-state index contributed by atoms with van der Waals surface area (Å²) < 4.78 is 42.0. The van der Waals surface area contributed by atoms with Gasteiger partial charge in [-0.05, 0) is 37.3 Å². The molecule has 0 atom stereocenters. The summed E-state index contributed by atoms with van der Waals surface area (Å²) >= 11 is 0. The van der Waals surface area contributed by atoms with Crippen molar-refractivity contribution in [3.63, 3.8) is 0 Å². The number of benzene rings is 2. The molecule has 1 heterocycles. The molecule has 6 nitrogen and oxygen atoms in total. The number of carboxylic acids is 1. The fourth-order valence-corrected chi connectivity index (χ4v) is 3.05. The van der Waals surface area contributed by atoms with Crippen molar-refractivity contribution >= 4 is 28.2 Å². The molecule has 0 saturated heterocycles. The minimum absolute atomic E-state index is 0.125. The van der Waals surface area contributed by atoms with Crippen LogP contribution in [0.2, 0.25) is 0 Å². The summed E-state index contributed by atoms with van der Waals surface area (Å²) in [5.41, 5.74) is 0.914.